The van der Waals surface area contributed by atoms with Crippen molar-refractivity contribution in [3.63, 3.8) is 0 Å². The van der Waals surface area contributed by atoms with Crippen molar-refractivity contribution in [1.82, 2.24) is 0 Å². The molecule has 21 heavy (non-hydrogen) atoms. The molecule has 1 atom stereocenters. The van der Waals surface area contributed by atoms with Crippen molar-refractivity contribution >= 4 is 11.6 Å². The first kappa shape index (κ1) is 17.6. The summed E-state index contributed by atoms with van der Waals surface area (Å²) in [5, 5.41) is 2.82. The van der Waals surface area contributed by atoms with Crippen LogP contribution in [0.1, 0.15) is 26.3 Å². The zero-order valence-electron chi connectivity index (χ0n) is 13.1. The minimum atomic E-state index is -0.519. The molecule has 1 unspecified atom stereocenters. The minimum absolute atomic E-state index is 0.173. The molecule has 1 amide bonds. The average molecular weight is 294 g/mol. The maximum atomic E-state index is 12.0. The molecule has 0 saturated heterocycles. The Morgan fingerprint density at radius 2 is 2.05 bits per heavy atom. The molecule has 0 radical (unpaired) electrons. The Morgan fingerprint density at radius 1 is 1.29 bits per heavy atom. The topological polar surface area (TPSA) is 73.6 Å². The highest BCUT2D eigenvalue weighted by Gasteiger charge is 2.13. The summed E-state index contributed by atoms with van der Waals surface area (Å²) in [6.45, 7) is 7.96. The van der Waals surface area contributed by atoms with Gasteiger partial charge in [0.15, 0.2) is 0 Å². The predicted octanol–water partition coefficient (Wildman–Crippen LogP) is 2.16. The van der Waals surface area contributed by atoms with E-state index in [1.54, 1.807) is 6.92 Å². The van der Waals surface area contributed by atoms with Gasteiger partial charge < -0.3 is 20.5 Å². The van der Waals surface area contributed by atoms with Crippen LogP contribution in [0.5, 0.6) is 0 Å². The van der Waals surface area contributed by atoms with Gasteiger partial charge in [0.25, 0.3) is 5.91 Å². The van der Waals surface area contributed by atoms with Crippen molar-refractivity contribution in [3.8, 4) is 0 Å². The molecule has 0 aliphatic heterocycles. The lowest BCUT2D eigenvalue weighted by Crippen LogP contribution is -2.29. The first-order valence-electron chi connectivity index (χ1n) is 7.32. The van der Waals surface area contributed by atoms with E-state index in [1.165, 1.54) is 0 Å². The zero-order valence-corrected chi connectivity index (χ0v) is 13.1. The second-order valence-electron chi connectivity index (χ2n) is 5.38. The number of carbonyl (C=O) groups is 1. The average Bonchev–Trinajstić information content (AvgIpc) is 2.46. The molecule has 0 aliphatic rings. The number of nitrogens with one attached hydrogen (secondary N) is 1. The number of ether oxygens (including phenoxy) is 2. The van der Waals surface area contributed by atoms with Crippen molar-refractivity contribution in [2.75, 3.05) is 25.1 Å². The van der Waals surface area contributed by atoms with Gasteiger partial charge in [-0.2, -0.15) is 0 Å². The van der Waals surface area contributed by atoms with E-state index in [0.717, 1.165) is 11.3 Å². The molecule has 3 N–H and O–H groups in total. The summed E-state index contributed by atoms with van der Waals surface area (Å²) in [6.07, 6.45) is -0.519. The van der Waals surface area contributed by atoms with Crippen LogP contribution in [0.15, 0.2) is 24.3 Å². The van der Waals surface area contributed by atoms with Crippen molar-refractivity contribution < 1.29 is 14.3 Å². The lowest BCUT2D eigenvalue weighted by atomic mass is 10.2. The van der Waals surface area contributed by atoms with Crippen LogP contribution in [-0.2, 0) is 20.8 Å². The molecule has 0 aliphatic carbocycles. The Labute approximate surface area is 126 Å². The fourth-order valence-corrected chi connectivity index (χ4v) is 1.70. The highest BCUT2D eigenvalue weighted by Crippen LogP contribution is 2.11. The highest BCUT2D eigenvalue weighted by molar-refractivity contribution is 5.93. The second kappa shape index (κ2) is 9.50. The van der Waals surface area contributed by atoms with Crippen molar-refractivity contribution in [1.29, 1.82) is 0 Å². The van der Waals surface area contributed by atoms with Crippen LogP contribution in [0.2, 0.25) is 0 Å². The lowest BCUT2D eigenvalue weighted by Gasteiger charge is -2.14. The van der Waals surface area contributed by atoms with Gasteiger partial charge in [-0.1, -0.05) is 26.0 Å². The molecule has 0 heterocycles. The first-order valence-corrected chi connectivity index (χ1v) is 7.32. The Balaban J connectivity index is 2.30. The smallest absolute Gasteiger partial charge is 0.253 e. The Kier molecular flexibility index (Phi) is 7.97. The Hall–Kier alpha value is -1.43. The maximum Gasteiger partial charge on any atom is 0.253 e. The fourth-order valence-electron chi connectivity index (χ4n) is 1.70. The van der Waals surface area contributed by atoms with Crippen LogP contribution < -0.4 is 11.1 Å². The van der Waals surface area contributed by atoms with Gasteiger partial charge in [-0.15, -0.1) is 0 Å². The van der Waals surface area contributed by atoms with Crippen LogP contribution in [0, 0.1) is 5.92 Å². The summed E-state index contributed by atoms with van der Waals surface area (Å²) >= 11 is 0. The molecule has 0 aromatic heterocycles. The van der Waals surface area contributed by atoms with Gasteiger partial charge in [-0.25, -0.2) is 0 Å². The largest absolute Gasteiger partial charge is 0.379 e. The normalized spacial score (nSPS) is 12.4. The second-order valence-corrected chi connectivity index (χ2v) is 5.38. The summed E-state index contributed by atoms with van der Waals surface area (Å²) in [5.41, 5.74) is 7.28. The fraction of sp³-hybridized carbons (Fsp3) is 0.562. The third-order valence-electron chi connectivity index (χ3n) is 2.85. The molecule has 0 fully saturated rings. The SMILES string of the molecule is CC(C)COCCOC(C)C(=O)Nc1cccc(CN)c1. The molecular weight excluding hydrogens is 268 g/mol. The summed E-state index contributed by atoms with van der Waals surface area (Å²) in [5.74, 6) is 0.327. The van der Waals surface area contributed by atoms with E-state index < -0.39 is 6.10 Å². The quantitative estimate of drug-likeness (QED) is 0.685. The van der Waals surface area contributed by atoms with Gasteiger partial charge >= 0.3 is 0 Å². The predicted molar refractivity (Wildman–Crippen MR) is 84.0 cm³/mol. The van der Waals surface area contributed by atoms with E-state index in [0.29, 0.717) is 32.3 Å². The number of anilines is 1. The van der Waals surface area contributed by atoms with E-state index in [1.807, 2.05) is 24.3 Å². The molecular formula is C16H26N2O3. The number of rotatable bonds is 9. The van der Waals surface area contributed by atoms with Crippen LogP contribution in [-0.4, -0.2) is 31.8 Å². The van der Waals surface area contributed by atoms with Gasteiger partial charge in [-0.05, 0) is 30.5 Å². The molecule has 118 valence electrons. The van der Waals surface area contributed by atoms with Gasteiger partial charge in [0.2, 0.25) is 0 Å². The monoisotopic (exact) mass is 294 g/mol. The van der Waals surface area contributed by atoms with Crippen LogP contribution >= 0.6 is 0 Å². The molecule has 0 bridgehead atoms. The number of amides is 1. The molecule has 0 spiro atoms. The number of hydrogen-bond acceptors (Lipinski definition) is 4. The Bertz CT molecular complexity index is 435. The summed E-state index contributed by atoms with van der Waals surface area (Å²) < 4.78 is 10.9. The standard InChI is InChI=1S/C16H26N2O3/c1-12(2)11-20-7-8-21-13(3)16(19)18-15-6-4-5-14(9-15)10-17/h4-6,9,12-13H,7-8,10-11,17H2,1-3H3,(H,18,19). The van der Waals surface area contributed by atoms with Crippen molar-refractivity contribution in [2.45, 2.75) is 33.4 Å². The van der Waals surface area contributed by atoms with Crippen LogP contribution in [0.4, 0.5) is 5.69 Å². The molecule has 0 saturated carbocycles. The summed E-state index contributed by atoms with van der Waals surface area (Å²) in [7, 11) is 0. The van der Waals surface area contributed by atoms with E-state index >= 15 is 0 Å². The van der Waals surface area contributed by atoms with Crippen LogP contribution in [0.25, 0.3) is 0 Å². The van der Waals surface area contributed by atoms with Gasteiger partial charge in [0, 0.05) is 18.8 Å². The Morgan fingerprint density at radius 3 is 2.71 bits per heavy atom. The van der Waals surface area contributed by atoms with E-state index in [-0.39, 0.29) is 5.91 Å². The zero-order chi connectivity index (χ0) is 15.7. The van der Waals surface area contributed by atoms with E-state index in [9.17, 15) is 4.79 Å². The summed E-state index contributed by atoms with van der Waals surface area (Å²) in [6, 6.07) is 7.47. The molecule has 5 nitrogen and oxygen atoms in total. The van der Waals surface area contributed by atoms with Crippen LogP contribution in [0.3, 0.4) is 0 Å². The summed E-state index contributed by atoms with van der Waals surface area (Å²) in [4.78, 5) is 12.0. The molecule has 1 aromatic rings. The van der Waals surface area contributed by atoms with Gasteiger partial charge in [0.1, 0.15) is 6.10 Å². The van der Waals surface area contributed by atoms with E-state index in [2.05, 4.69) is 19.2 Å². The number of nitrogens with two attached hydrogens (primary N) is 1. The minimum Gasteiger partial charge on any atom is -0.379 e. The molecule has 1 rings (SSSR count). The van der Waals surface area contributed by atoms with Crippen molar-refractivity contribution in [3.05, 3.63) is 29.8 Å². The molecule has 1 aromatic carbocycles. The highest BCUT2D eigenvalue weighted by atomic mass is 16.5. The van der Waals surface area contributed by atoms with Gasteiger partial charge in [-0.3, -0.25) is 4.79 Å². The first-order chi connectivity index (χ1) is 10.0. The number of carbonyl (C=O) groups excluding carboxylic acids is 1. The molecule has 5 heteroatoms. The maximum absolute atomic E-state index is 12.0. The number of hydrogen-bond donors (Lipinski definition) is 2. The van der Waals surface area contributed by atoms with Crippen molar-refractivity contribution in [2.24, 2.45) is 11.7 Å². The lowest BCUT2D eigenvalue weighted by molar-refractivity contribution is -0.127. The van der Waals surface area contributed by atoms with E-state index in [4.69, 9.17) is 15.2 Å². The number of benzene rings is 1. The van der Waals surface area contributed by atoms with Gasteiger partial charge in [0.05, 0.1) is 13.2 Å². The third-order valence-corrected chi connectivity index (χ3v) is 2.85. The third kappa shape index (κ3) is 7.22.